The number of carbonyl (C=O) groups excluding carboxylic acids is 1. The zero-order chi connectivity index (χ0) is 12.7. The fraction of sp³-hybridized carbons (Fsp3) is 0.923. The van der Waals surface area contributed by atoms with Crippen LogP contribution in [-0.2, 0) is 9.53 Å². The predicted molar refractivity (Wildman–Crippen MR) is 66.5 cm³/mol. The third kappa shape index (κ3) is 2.20. The van der Waals surface area contributed by atoms with E-state index in [1.54, 1.807) is 7.11 Å². The number of nitrogens with two attached hydrogens (primary N) is 1. The molecule has 2 aliphatic carbocycles. The lowest BCUT2D eigenvalue weighted by molar-refractivity contribution is -0.137. The van der Waals surface area contributed by atoms with Crippen molar-refractivity contribution in [3.05, 3.63) is 0 Å². The Bertz CT molecular complexity index is 305. The van der Waals surface area contributed by atoms with Crippen LogP contribution in [0.5, 0.6) is 0 Å². The smallest absolute Gasteiger partial charge is 0.223 e. The molecule has 2 saturated carbocycles. The molecule has 0 bridgehead atoms. The standard InChI is InChI=1S/C13H24N2O2/c1-12(2)9(14)7-10(12)15-11(16)8-13(17-3)5-4-6-13/h9-10H,4-8,14H2,1-3H3,(H,15,16). The van der Waals surface area contributed by atoms with E-state index in [1.165, 1.54) is 6.42 Å². The number of rotatable bonds is 4. The fourth-order valence-electron chi connectivity index (χ4n) is 2.77. The molecule has 2 rings (SSSR count). The highest BCUT2D eigenvalue weighted by Gasteiger charge is 2.47. The third-order valence-electron chi connectivity index (χ3n) is 4.86. The molecule has 2 atom stereocenters. The summed E-state index contributed by atoms with van der Waals surface area (Å²) in [5.74, 6) is 0.108. The van der Waals surface area contributed by atoms with Crippen LogP contribution in [0.4, 0.5) is 0 Å². The summed E-state index contributed by atoms with van der Waals surface area (Å²) in [6.45, 7) is 4.23. The molecule has 98 valence electrons. The molecule has 0 heterocycles. The van der Waals surface area contributed by atoms with Crippen LogP contribution in [0.1, 0.15) is 46.0 Å². The van der Waals surface area contributed by atoms with Gasteiger partial charge < -0.3 is 15.8 Å². The van der Waals surface area contributed by atoms with E-state index in [0.29, 0.717) is 6.42 Å². The van der Waals surface area contributed by atoms with Gasteiger partial charge in [0.05, 0.1) is 12.0 Å². The van der Waals surface area contributed by atoms with Crippen molar-refractivity contribution in [2.75, 3.05) is 7.11 Å². The molecule has 2 fully saturated rings. The van der Waals surface area contributed by atoms with Crippen molar-refractivity contribution in [2.24, 2.45) is 11.1 Å². The van der Waals surface area contributed by atoms with E-state index < -0.39 is 0 Å². The topological polar surface area (TPSA) is 64.3 Å². The Hall–Kier alpha value is -0.610. The number of ether oxygens (including phenoxy) is 1. The van der Waals surface area contributed by atoms with E-state index in [-0.39, 0.29) is 29.0 Å². The second-order valence-corrected chi connectivity index (χ2v) is 6.20. The number of hydrogen-bond acceptors (Lipinski definition) is 3. The Balaban J connectivity index is 1.82. The van der Waals surface area contributed by atoms with Crippen molar-refractivity contribution in [3.63, 3.8) is 0 Å². The fourth-order valence-corrected chi connectivity index (χ4v) is 2.77. The van der Waals surface area contributed by atoms with Crippen molar-refractivity contribution in [2.45, 2.75) is 63.6 Å². The van der Waals surface area contributed by atoms with Gasteiger partial charge in [0.2, 0.25) is 5.91 Å². The van der Waals surface area contributed by atoms with E-state index in [4.69, 9.17) is 10.5 Å². The molecule has 0 aromatic carbocycles. The minimum atomic E-state index is -0.180. The predicted octanol–water partition coefficient (Wildman–Crippen LogP) is 1.19. The number of methoxy groups -OCH3 is 1. The molecule has 0 aromatic rings. The van der Waals surface area contributed by atoms with Gasteiger partial charge in [0.25, 0.3) is 0 Å². The molecule has 3 N–H and O–H groups in total. The van der Waals surface area contributed by atoms with Gasteiger partial charge in [-0.3, -0.25) is 4.79 Å². The summed E-state index contributed by atoms with van der Waals surface area (Å²) in [6.07, 6.45) is 4.56. The summed E-state index contributed by atoms with van der Waals surface area (Å²) in [4.78, 5) is 12.0. The van der Waals surface area contributed by atoms with Gasteiger partial charge in [-0.25, -0.2) is 0 Å². The minimum Gasteiger partial charge on any atom is -0.378 e. The maximum atomic E-state index is 12.0. The highest BCUT2D eigenvalue weighted by atomic mass is 16.5. The van der Waals surface area contributed by atoms with Gasteiger partial charge >= 0.3 is 0 Å². The van der Waals surface area contributed by atoms with Crippen molar-refractivity contribution in [3.8, 4) is 0 Å². The second kappa shape index (κ2) is 4.25. The van der Waals surface area contributed by atoms with Gasteiger partial charge in [0.1, 0.15) is 0 Å². The largest absolute Gasteiger partial charge is 0.378 e. The van der Waals surface area contributed by atoms with Crippen LogP contribution in [0, 0.1) is 5.41 Å². The van der Waals surface area contributed by atoms with Gasteiger partial charge in [-0.2, -0.15) is 0 Å². The molecule has 0 spiro atoms. The van der Waals surface area contributed by atoms with E-state index in [2.05, 4.69) is 19.2 Å². The molecular formula is C13H24N2O2. The second-order valence-electron chi connectivity index (χ2n) is 6.20. The maximum absolute atomic E-state index is 12.0. The zero-order valence-corrected chi connectivity index (χ0v) is 11.1. The van der Waals surface area contributed by atoms with Crippen LogP contribution >= 0.6 is 0 Å². The highest BCUT2D eigenvalue weighted by Crippen LogP contribution is 2.40. The molecule has 0 saturated heterocycles. The number of hydrogen-bond donors (Lipinski definition) is 2. The van der Waals surface area contributed by atoms with E-state index >= 15 is 0 Å². The lowest BCUT2D eigenvalue weighted by Gasteiger charge is -2.51. The van der Waals surface area contributed by atoms with E-state index in [9.17, 15) is 4.79 Å². The Kier molecular flexibility index (Phi) is 3.21. The van der Waals surface area contributed by atoms with Gasteiger partial charge in [0.15, 0.2) is 0 Å². The normalized spacial score (nSPS) is 33.4. The van der Waals surface area contributed by atoms with Crippen LogP contribution in [-0.4, -0.2) is 30.7 Å². The Labute approximate surface area is 103 Å². The molecular weight excluding hydrogens is 216 g/mol. The van der Waals surface area contributed by atoms with Crippen molar-refractivity contribution >= 4 is 5.91 Å². The Morgan fingerprint density at radius 1 is 1.47 bits per heavy atom. The zero-order valence-electron chi connectivity index (χ0n) is 11.1. The number of nitrogens with one attached hydrogen (secondary N) is 1. The Morgan fingerprint density at radius 3 is 2.47 bits per heavy atom. The first kappa shape index (κ1) is 12.8. The molecule has 2 unspecified atom stereocenters. The average molecular weight is 240 g/mol. The summed E-state index contributed by atoms with van der Waals surface area (Å²) in [5.41, 5.74) is 5.78. The summed E-state index contributed by atoms with van der Waals surface area (Å²) >= 11 is 0. The first-order valence-corrected chi connectivity index (χ1v) is 6.50. The third-order valence-corrected chi connectivity index (χ3v) is 4.86. The van der Waals surface area contributed by atoms with Crippen molar-refractivity contribution in [1.82, 2.24) is 5.32 Å². The number of amides is 1. The molecule has 2 aliphatic rings. The average Bonchev–Trinajstić information content (AvgIpc) is 2.23. The van der Waals surface area contributed by atoms with Crippen LogP contribution in [0.2, 0.25) is 0 Å². The van der Waals surface area contributed by atoms with Crippen molar-refractivity contribution < 1.29 is 9.53 Å². The minimum absolute atomic E-state index is 0.0233. The summed E-state index contributed by atoms with van der Waals surface area (Å²) in [6, 6.07) is 0.423. The number of carbonyl (C=O) groups is 1. The maximum Gasteiger partial charge on any atom is 0.223 e. The van der Waals surface area contributed by atoms with Gasteiger partial charge in [-0.05, 0) is 25.7 Å². The lowest BCUT2D eigenvalue weighted by atomic mass is 9.63. The molecule has 4 heteroatoms. The van der Waals surface area contributed by atoms with Crippen LogP contribution < -0.4 is 11.1 Å². The molecule has 1 amide bonds. The summed E-state index contributed by atoms with van der Waals surface area (Å²) in [5, 5.41) is 3.10. The highest BCUT2D eigenvalue weighted by molar-refractivity contribution is 5.77. The van der Waals surface area contributed by atoms with Gasteiger partial charge in [-0.15, -0.1) is 0 Å². The lowest BCUT2D eigenvalue weighted by Crippen LogP contribution is -2.65. The van der Waals surface area contributed by atoms with E-state index in [1.807, 2.05) is 0 Å². The summed E-state index contributed by atoms with van der Waals surface area (Å²) in [7, 11) is 1.70. The Morgan fingerprint density at radius 2 is 2.12 bits per heavy atom. The van der Waals surface area contributed by atoms with E-state index in [0.717, 1.165) is 19.3 Å². The first-order chi connectivity index (χ1) is 7.89. The van der Waals surface area contributed by atoms with Gasteiger partial charge in [-0.1, -0.05) is 13.8 Å². The molecule has 0 aliphatic heterocycles. The first-order valence-electron chi connectivity index (χ1n) is 6.50. The molecule has 0 radical (unpaired) electrons. The van der Waals surface area contributed by atoms with Crippen LogP contribution in [0.25, 0.3) is 0 Å². The van der Waals surface area contributed by atoms with Crippen LogP contribution in [0.15, 0.2) is 0 Å². The SMILES string of the molecule is COC1(CC(=O)NC2CC(N)C2(C)C)CCC1. The summed E-state index contributed by atoms with van der Waals surface area (Å²) < 4.78 is 5.47. The van der Waals surface area contributed by atoms with Crippen LogP contribution in [0.3, 0.4) is 0 Å². The molecule has 0 aromatic heterocycles. The quantitative estimate of drug-likeness (QED) is 0.775. The van der Waals surface area contributed by atoms with Crippen molar-refractivity contribution in [1.29, 1.82) is 0 Å². The molecule has 17 heavy (non-hydrogen) atoms. The monoisotopic (exact) mass is 240 g/mol. The molecule has 4 nitrogen and oxygen atoms in total. The van der Waals surface area contributed by atoms with Gasteiger partial charge in [0, 0.05) is 24.6 Å².